The van der Waals surface area contributed by atoms with Crippen LogP contribution in [0.3, 0.4) is 0 Å². The molecule has 0 amide bonds. The van der Waals surface area contributed by atoms with Gasteiger partial charge >= 0.3 is 0 Å². The van der Waals surface area contributed by atoms with Crippen molar-refractivity contribution in [3.05, 3.63) is 50.7 Å². The van der Waals surface area contributed by atoms with Crippen molar-refractivity contribution in [3.8, 4) is 0 Å². The molecule has 1 unspecified atom stereocenters. The molecule has 0 radical (unpaired) electrons. The minimum Gasteiger partial charge on any atom is -0.309 e. The fourth-order valence-corrected chi connectivity index (χ4v) is 3.15. The van der Waals surface area contributed by atoms with Crippen molar-refractivity contribution in [1.29, 1.82) is 0 Å². The third kappa shape index (κ3) is 3.32. The van der Waals surface area contributed by atoms with Crippen molar-refractivity contribution < 1.29 is 4.39 Å². The Labute approximate surface area is 121 Å². The second kappa shape index (κ2) is 6.46. The summed E-state index contributed by atoms with van der Waals surface area (Å²) >= 11 is 7.42. The molecule has 1 N–H and O–H groups in total. The van der Waals surface area contributed by atoms with Crippen LogP contribution in [0.2, 0.25) is 5.02 Å². The summed E-state index contributed by atoms with van der Waals surface area (Å²) in [7, 11) is 0. The molecule has 5 heteroatoms. The van der Waals surface area contributed by atoms with Crippen LogP contribution in [0.25, 0.3) is 0 Å². The highest BCUT2D eigenvalue weighted by atomic mass is 35.5. The molecule has 0 saturated carbocycles. The lowest BCUT2D eigenvalue weighted by molar-refractivity contribution is 0.532. The van der Waals surface area contributed by atoms with Gasteiger partial charge in [-0.1, -0.05) is 30.7 Å². The van der Waals surface area contributed by atoms with Crippen LogP contribution < -0.4 is 5.32 Å². The molecule has 1 heterocycles. The lowest BCUT2D eigenvalue weighted by Crippen LogP contribution is -2.23. The maximum Gasteiger partial charge on any atom is 0.145 e. The topological polar surface area (TPSA) is 24.9 Å². The molecular weight excluding hydrogens is 283 g/mol. The molecule has 0 aliphatic carbocycles. The van der Waals surface area contributed by atoms with E-state index in [9.17, 15) is 4.39 Å². The Kier molecular flexibility index (Phi) is 4.91. The van der Waals surface area contributed by atoms with E-state index in [0.29, 0.717) is 12.0 Å². The van der Waals surface area contributed by atoms with Gasteiger partial charge in [-0.15, -0.1) is 11.3 Å². The maximum atomic E-state index is 14.0. The SMILES string of the molecule is CCNC(Cc1cccc(Cl)c1F)c1scnc1C. The maximum absolute atomic E-state index is 14.0. The van der Waals surface area contributed by atoms with E-state index >= 15 is 0 Å². The number of rotatable bonds is 5. The van der Waals surface area contributed by atoms with Gasteiger partial charge in [0, 0.05) is 10.9 Å². The largest absolute Gasteiger partial charge is 0.309 e. The van der Waals surface area contributed by atoms with Crippen LogP contribution in [0.1, 0.15) is 29.1 Å². The molecule has 1 atom stereocenters. The first-order valence-electron chi connectivity index (χ1n) is 6.19. The summed E-state index contributed by atoms with van der Waals surface area (Å²) in [6, 6.07) is 5.21. The third-order valence-electron chi connectivity index (χ3n) is 3.01. The van der Waals surface area contributed by atoms with Crippen LogP contribution in [0.5, 0.6) is 0 Å². The molecule has 2 aromatic rings. The molecule has 0 spiro atoms. The number of aromatic nitrogens is 1. The number of aryl methyl sites for hydroxylation is 1. The van der Waals surface area contributed by atoms with Crippen LogP contribution >= 0.6 is 22.9 Å². The number of hydrogen-bond acceptors (Lipinski definition) is 3. The summed E-state index contributed by atoms with van der Waals surface area (Å²) in [5, 5.41) is 3.56. The lowest BCUT2D eigenvalue weighted by atomic mass is 10.0. The van der Waals surface area contributed by atoms with Gasteiger partial charge < -0.3 is 5.32 Å². The van der Waals surface area contributed by atoms with E-state index in [4.69, 9.17) is 11.6 Å². The first-order chi connectivity index (χ1) is 9.13. The standard InChI is InChI=1S/C14H16ClFN2S/c1-3-17-12(14-9(2)18-8-19-14)7-10-5-4-6-11(15)13(10)16/h4-6,8,12,17H,3,7H2,1-2H3. The highest BCUT2D eigenvalue weighted by Gasteiger charge is 2.18. The monoisotopic (exact) mass is 298 g/mol. The molecule has 0 aliphatic heterocycles. The van der Waals surface area contributed by atoms with Crippen LogP contribution in [0.4, 0.5) is 4.39 Å². The Morgan fingerprint density at radius 1 is 1.47 bits per heavy atom. The van der Waals surface area contributed by atoms with Crippen LogP contribution in [-0.4, -0.2) is 11.5 Å². The van der Waals surface area contributed by atoms with E-state index in [2.05, 4.69) is 10.3 Å². The molecule has 1 aromatic heterocycles. The Bertz CT molecular complexity index is 556. The number of nitrogens with zero attached hydrogens (tertiary/aromatic N) is 1. The number of benzene rings is 1. The summed E-state index contributed by atoms with van der Waals surface area (Å²) in [4.78, 5) is 5.41. The average molecular weight is 299 g/mol. The quantitative estimate of drug-likeness (QED) is 0.897. The van der Waals surface area contributed by atoms with Gasteiger partial charge in [-0.05, 0) is 31.5 Å². The second-order valence-electron chi connectivity index (χ2n) is 4.33. The molecule has 0 fully saturated rings. The first kappa shape index (κ1) is 14.4. The average Bonchev–Trinajstić information content (AvgIpc) is 2.80. The van der Waals surface area contributed by atoms with Crippen molar-refractivity contribution in [2.75, 3.05) is 6.54 Å². The van der Waals surface area contributed by atoms with Crippen molar-refractivity contribution in [2.45, 2.75) is 26.3 Å². The van der Waals surface area contributed by atoms with Gasteiger partial charge in [-0.25, -0.2) is 9.37 Å². The molecule has 19 heavy (non-hydrogen) atoms. The summed E-state index contributed by atoms with van der Waals surface area (Å²) in [6.45, 7) is 4.84. The van der Waals surface area contributed by atoms with Gasteiger partial charge in [0.2, 0.25) is 0 Å². The zero-order chi connectivity index (χ0) is 13.8. The summed E-state index contributed by atoms with van der Waals surface area (Å²) in [6.07, 6.45) is 0.573. The third-order valence-corrected chi connectivity index (χ3v) is 4.34. The number of likely N-dealkylation sites (N-methyl/N-ethyl adjacent to an activating group) is 1. The molecular formula is C14H16ClFN2S. The summed E-state index contributed by atoms with van der Waals surface area (Å²) in [5.74, 6) is -0.325. The molecule has 102 valence electrons. The van der Waals surface area contributed by atoms with Crippen LogP contribution in [0, 0.1) is 12.7 Å². The highest BCUT2D eigenvalue weighted by molar-refractivity contribution is 7.09. The zero-order valence-electron chi connectivity index (χ0n) is 10.9. The Balaban J connectivity index is 2.27. The zero-order valence-corrected chi connectivity index (χ0v) is 12.5. The van der Waals surface area contributed by atoms with Crippen LogP contribution in [-0.2, 0) is 6.42 Å². The fraction of sp³-hybridized carbons (Fsp3) is 0.357. The van der Waals surface area contributed by atoms with E-state index < -0.39 is 0 Å². The Hall–Kier alpha value is -0.970. The van der Waals surface area contributed by atoms with Gasteiger partial charge in [0.1, 0.15) is 5.82 Å². The van der Waals surface area contributed by atoms with E-state index in [-0.39, 0.29) is 16.9 Å². The minimum absolute atomic E-state index is 0.0745. The van der Waals surface area contributed by atoms with Crippen molar-refractivity contribution in [2.24, 2.45) is 0 Å². The predicted molar refractivity (Wildman–Crippen MR) is 78.4 cm³/mol. The lowest BCUT2D eigenvalue weighted by Gasteiger charge is -2.17. The smallest absolute Gasteiger partial charge is 0.145 e. The van der Waals surface area contributed by atoms with E-state index in [1.165, 1.54) is 0 Å². The number of nitrogens with one attached hydrogen (secondary N) is 1. The van der Waals surface area contributed by atoms with Gasteiger partial charge in [0.05, 0.1) is 16.2 Å². The van der Waals surface area contributed by atoms with E-state index in [1.54, 1.807) is 29.5 Å². The van der Waals surface area contributed by atoms with Crippen molar-refractivity contribution >= 4 is 22.9 Å². The highest BCUT2D eigenvalue weighted by Crippen LogP contribution is 2.27. The van der Waals surface area contributed by atoms with Crippen molar-refractivity contribution in [3.63, 3.8) is 0 Å². The molecule has 0 aliphatic rings. The predicted octanol–water partition coefficient (Wildman–Crippen LogP) is 4.14. The van der Waals surface area contributed by atoms with Crippen LogP contribution in [0.15, 0.2) is 23.7 Å². The Morgan fingerprint density at radius 3 is 2.89 bits per heavy atom. The van der Waals surface area contributed by atoms with Gasteiger partial charge in [0.25, 0.3) is 0 Å². The molecule has 2 rings (SSSR count). The number of halogens is 2. The fourth-order valence-electron chi connectivity index (χ4n) is 2.08. The molecule has 0 bridgehead atoms. The minimum atomic E-state index is -0.325. The molecule has 2 nitrogen and oxygen atoms in total. The first-order valence-corrected chi connectivity index (χ1v) is 7.45. The van der Waals surface area contributed by atoms with Gasteiger partial charge in [0.15, 0.2) is 0 Å². The number of thiazole rings is 1. The normalized spacial score (nSPS) is 12.6. The van der Waals surface area contributed by atoms with E-state index in [1.807, 2.05) is 19.4 Å². The number of hydrogen-bond donors (Lipinski definition) is 1. The summed E-state index contributed by atoms with van der Waals surface area (Å²) in [5.41, 5.74) is 3.45. The Morgan fingerprint density at radius 2 is 2.26 bits per heavy atom. The van der Waals surface area contributed by atoms with Gasteiger partial charge in [-0.3, -0.25) is 0 Å². The molecule has 1 aromatic carbocycles. The molecule has 0 saturated heterocycles. The summed E-state index contributed by atoms with van der Waals surface area (Å²) < 4.78 is 14.0. The van der Waals surface area contributed by atoms with Gasteiger partial charge in [-0.2, -0.15) is 0 Å². The van der Waals surface area contributed by atoms with Crippen molar-refractivity contribution in [1.82, 2.24) is 10.3 Å². The van der Waals surface area contributed by atoms with E-state index in [0.717, 1.165) is 17.1 Å². The second-order valence-corrected chi connectivity index (χ2v) is 5.62.